The summed E-state index contributed by atoms with van der Waals surface area (Å²) < 4.78 is 5.08. The Hall–Kier alpha value is -3.47. The van der Waals surface area contributed by atoms with Crippen LogP contribution in [0.1, 0.15) is 49.4 Å². The molecule has 0 bridgehead atoms. The number of amides is 3. The van der Waals surface area contributed by atoms with Crippen molar-refractivity contribution in [2.75, 3.05) is 13.7 Å². The highest BCUT2D eigenvalue weighted by Gasteiger charge is 2.37. The molecule has 180 valence electrons. The van der Waals surface area contributed by atoms with Gasteiger partial charge in [0.05, 0.1) is 19.6 Å². The molecule has 1 aromatic rings. The summed E-state index contributed by atoms with van der Waals surface area (Å²) in [5.74, 6) is -2.20. The van der Waals surface area contributed by atoms with Crippen molar-refractivity contribution in [2.45, 2.75) is 57.2 Å². The molecule has 1 heterocycles. The fourth-order valence-corrected chi connectivity index (χ4v) is 3.51. The fourth-order valence-electron chi connectivity index (χ4n) is 3.51. The van der Waals surface area contributed by atoms with Gasteiger partial charge in [-0.15, -0.1) is 0 Å². The van der Waals surface area contributed by atoms with Crippen LogP contribution in [0.25, 0.3) is 0 Å². The summed E-state index contributed by atoms with van der Waals surface area (Å²) in [4.78, 5) is 60.8. The first-order valence-electron chi connectivity index (χ1n) is 10.8. The van der Waals surface area contributed by atoms with Crippen LogP contribution in [-0.4, -0.2) is 71.9 Å². The minimum absolute atomic E-state index is 0.328. The third-order valence-electron chi connectivity index (χ3n) is 5.21. The Kier molecular flexibility index (Phi) is 9.80. The lowest BCUT2D eigenvalue weighted by molar-refractivity contribution is -0.149. The van der Waals surface area contributed by atoms with Gasteiger partial charge in [0.15, 0.2) is 0 Å². The number of aliphatic carboxylic acids is 1. The maximum atomic E-state index is 13.3. The Morgan fingerprint density at radius 1 is 1.24 bits per heavy atom. The molecule has 4 N–H and O–H groups in total. The van der Waals surface area contributed by atoms with Crippen molar-refractivity contribution in [1.82, 2.24) is 21.1 Å². The highest BCUT2D eigenvalue weighted by Crippen LogP contribution is 2.16. The predicted octanol–water partition coefficient (Wildman–Crippen LogP) is 0.248. The molecule has 0 unspecified atom stereocenters. The Balaban J connectivity index is 2.14. The minimum atomic E-state index is -1.23. The molecule has 11 nitrogen and oxygen atoms in total. The molecular weight excluding hydrogens is 432 g/mol. The van der Waals surface area contributed by atoms with Crippen molar-refractivity contribution >= 4 is 30.0 Å². The van der Waals surface area contributed by atoms with E-state index in [9.17, 15) is 24.0 Å². The van der Waals surface area contributed by atoms with Gasteiger partial charge in [-0.05, 0) is 43.5 Å². The molecule has 0 aromatic heterocycles. The van der Waals surface area contributed by atoms with Gasteiger partial charge in [-0.3, -0.25) is 24.2 Å². The van der Waals surface area contributed by atoms with Crippen LogP contribution in [0.5, 0.6) is 5.75 Å². The standard InChI is InChI=1S/C22H30N4O7/c1-3-5-17(25-20(30)14-7-9-16(33-2)10-8-14)22(32)26-18(6-4-11-23-26)21(31)24-15(13-27)12-19(28)29/h7-10,13,15,17-18,23H,3-6,11-12H2,1-2H3,(H,24,31)(H,25,30)(H,28,29)/t15-,17-,18-/m0/s1. The molecule has 1 aromatic carbocycles. The SMILES string of the molecule is CCC[C@H](NC(=O)c1ccc(OC)cc1)C(=O)N1NCCC[C@H]1C(=O)N[C@H](C=O)CC(=O)O. The second kappa shape index (κ2) is 12.5. The number of carboxylic acid groups (broad SMARTS) is 1. The van der Waals surface area contributed by atoms with Gasteiger partial charge >= 0.3 is 5.97 Å². The van der Waals surface area contributed by atoms with Crippen LogP contribution in [0.2, 0.25) is 0 Å². The first kappa shape index (κ1) is 25.8. The smallest absolute Gasteiger partial charge is 0.305 e. The molecule has 1 aliphatic rings. The number of carbonyl (C=O) groups excluding carboxylic acids is 4. The number of rotatable bonds is 11. The lowest BCUT2D eigenvalue weighted by Crippen LogP contribution is -2.63. The Labute approximate surface area is 191 Å². The third kappa shape index (κ3) is 7.28. The summed E-state index contributed by atoms with van der Waals surface area (Å²) in [5, 5.41) is 15.2. The molecule has 3 amide bonds. The van der Waals surface area contributed by atoms with Gasteiger partial charge in [0.2, 0.25) is 5.91 Å². The van der Waals surface area contributed by atoms with Crippen LogP contribution in [0.3, 0.4) is 0 Å². The highest BCUT2D eigenvalue weighted by molar-refractivity contribution is 5.98. The monoisotopic (exact) mass is 462 g/mol. The highest BCUT2D eigenvalue weighted by atomic mass is 16.5. The number of aldehydes is 1. The maximum Gasteiger partial charge on any atom is 0.305 e. The van der Waals surface area contributed by atoms with Crippen molar-refractivity contribution in [3.8, 4) is 5.75 Å². The molecule has 1 saturated heterocycles. The molecule has 0 radical (unpaired) electrons. The van der Waals surface area contributed by atoms with E-state index in [0.29, 0.717) is 49.8 Å². The summed E-state index contributed by atoms with van der Waals surface area (Å²) in [6.45, 7) is 2.32. The van der Waals surface area contributed by atoms with E-state index >= 15 is 0 Å². The molecule has 0 aliphatic carbocycles. The summed E-state index contributed by atoms with van der Waals surface area (Å²) >= 11 is 0. The maximum absolute atomic E-state index is 13.3. The van der Waals surface area contributed by atoms with E-state index in [1.54, 1.807) is 24.3 Å². The van der Waals surface area contributed by atoms with Crippen LogP contribution in [0.4, 0.5) is 0 Å². The quantitative estimate of drug-likeness (QED) is 0.341. The van der Waals surface area contributed by atoms with E-state index in [1.165, 1.54) is 12.1 Å². The van der Waals surface area contributed by atoms with Gasteiger partial charge in [0.25, 0.3) is 11.8 Å². The molecule has 1 aliphatic heterocycles. The predicted molar refractivity (Wildman–Crippen MR) is 117 cm³/mol. The molecule has 0 spiro atoms. The number of benzene rings is 1. The zero-order valence-electron chi connectivity index (χ0n) is 18.7. The average Bonchev–Trinajstić information content (AvgIpc) is 2.82. The summed E-state index contributed by atoms with van der Waals surface area (Å²) in [6.07, 6.45) is 1.68. The minimum Gasteiger partial charge on any atom is -0.497 e. The summed E-state index contributed by atoms with van der Waals surface area (Å²) in [5.41, 5.74) is 3.25. The van der Waals surface area contributed by atoms with E-state index < -0.39 is 48.2 Å². The molecule has 2 rings (SSSR count). The average molecular weight is 463 g/mol. The normalized spacial score (nSPS) is 17.4. The summed E-state index contributed by atoms with van der Waals surface area (Å²) in [7, 11) is 1.52. The lowest BCUT2D eigenvalue weighted by Gasteiger charge is -2.37. The van der Waals surface area contributed by atoms with Crippen LogP contribution in [-0.2, 0) is 19.2 Å². The molecule has 11 heteroatoms. The van der Waals surface area contributed by atoms with Crippen molar-refractivity contribution < 1.29 is 33.8 Å². The Morgan fingerprint density at radius 3 is 2.52 bits per heavy atom. The van der Waals surface area contributed by atoms with Gasteiger partial charge in [-0.25, -0.2) is 5.43 Å². The van der Waals surface area contributed by atoms with E-state index in [0.717, 1.165) is 0 Å². The topological polar surface area (TPSA) is 154 Å². The Morgan fingerprint density at radius 2 is 1.94 bits per heavy atom. The summed E-state index contributed by atoms with van der Waals surface area (Å²) in [6, 6.07) is 3.41. The van der Waals surface area contributed by atoms with Crippen molar-refractivity contribution in [3.63, 3.8) is 0 Å². The number of nitrogens with one attached hydrogen (secondary N) is 3. The number of carbonyl (C=O) groups is 5. The molecule has 1 fully saturated rings. The molecule has 33 heavy (non-hydrogen) atoms. The number of hydrogen-bond acceptors (Lipinski definition) is 7. The first-order chi connectivity index (χ1) is 15.8. The zero-order chi connectivity index (χ0) is 24.4. The van der Waals surface area contributed by atoms with Crippen molar-refractivity contribution in [1.29, 1.82) is 0 Å². The van der Waals surface area contributed by atoms with Crippen LogP contribution in [0.15, 0.2) is 24.3 Å². The van der Waals surface area contributed by atoms with Crippen LogP contribution in [0, 0.1) is 0 Å². The van der Waals surface area contributed by atoms with E-state index in [2.05, 4.69) is 16.1 Å². The van der Waals surface area contributed by atoms with Gasteiger partial charge in [-0.2, -0.15) is 0 Å². The van der Waals surface area contributed by atoms with Gasteiger partial charge in [-0.1, -0.05) is 13.3 Å². The van der Waals surface area contributed by atoms with Gasteiger partial charge in [0.1, 0.15) is 24.1 Å². The first-order valence-corrected chi connectivity index (χ1v) is 10.8. The number of hydrazine groups is 1. The number of methoxy groups -OCH3 is 1. The molecule has 0 saturated carbocycles. The number of carboxylic acids is 1. The second-order valence-corrected chi connectivity index (χ2v) is 7.67. The van der Waals surface area contributed by atoms with Crippen molar-refractivity contribution in [3.05, 3.63) is 29.8 Å². The number of hydrogen-bond donors (Lipinski definition) is 4. The fraction of sp³-hybridized carbons (Fsp3) is 0.500. The largest absolute Gasteiger partial charge is 0.497 e. The van der Waals surface area contributed by atoms with Gasteiger partial charge in [0, 0.05) is 12.1 Å². The lowest BCUT2D eigenvalue weighted by atomic mass is 10.0. The zero-order valence-corrected chi connectivity index (χ0v) is 18.7. The number of nitrogens with zero attached hydrogens (tertiary/aromatic N) is 1. The van der Waals surface area contributed by atoms with E-state index in [-0.39, 0.29) is 0 Å². The molecular formula is C22H30N4O7. The Bertz CT molecular complexity index is 859. The molecule has 3 atom stereocenters. The third-order valence-corrected chi connectivity index (χ3v) is 5.21. The van der Waals surface area contributed by atoms with Gasteiger partial charge < -0.3 is 25.3 Å². The van der Waals surface area contributed by atoms with Crippen LogP contribution >= 0.6 is 0 Å². The van der Waals surface area contributed by atoms with E-state index in [1.807, 2.05) is 6.92 Å². The van der Waals surface area contributed by atoms with E-state index in [4.69, 9.17) is 9.84 Å². The van der Waals surface area contributed by atoms with Crippen LogP contribution < -0.4 is 20.8 Å². The number of ether oxygens (including phenoxy) is 1. The van der Waals surface area contributed by atoms with Crippen molar-refractivity contribution in [2.24, 2.45) is 0 Å². The second-order valence-electron chi connectivity index (χ2n) is 7.67.